The van der Waals surface area contributed by atoms with E-state index >= 15 is 0 Å². The smallest absolute Gasteiger partial charge is 0.742 e. The standard InChI is InChI=1S/C14H18BClO4.C12H10ClF3N2O2.C12H10ClF3O2.2C11H8ClF3O2.C8H6BrClO2.C3H2BrF3.C2H4OS.BH3P.K/c1-13(2)14(3,4)20-15(19-13)9-7-6-8-10(16)11(9)12(17)18-5;1-20-10(19)9-7(3-2-4-8(9)13)11(12(14,15)16)5-6-17-18-11;1-18-10(17)9-7(3-2-4-8(9)13)11(5-6-11)12(14,15)16;12-7-3-1-2-6(8(7)9(16)17)10(4-5-10)11(13,14)15;1-6(11(13,14)15)7-4-3-5-8(12)9(7)10(16)17-2;1-12-8(11)7-5(9)3-2-4-6(7)10;1-2(4)3(5,6)7;1-2(3)4;1-2;/h6-8H,1-5H3;2-4H,5-6H2,1H3;2-4H,5-6H2,1H3;1-3H,4-5H2,(H,16,17);3-5H,1H2,2H3;2-4H,1H3;1H2;1H3,(H,3,4);1H,2H2;/q;;;;;;;;;+1/p-1/i;;;;;;;;1D;. The topological polar surface area (TPSA) is 229 Å². The van der Waals surface area contributed by atoms with Crippen LogP contribution in [0.25, 0.3) is 5.57 Å². The summed E-state index contributed by atoms with van der Waals surface area (Å²) in [5, 5.41) is 15.8. The summed E-state index contributed by atoms with van der Waals surface area (Å²) < 4.78 is 229. The zero-order chi connectivity index (χ0) is 91.2. The van der Waals surface area contributed by atoms with Crippen molar-refractivity contribution in [1.82, 2.24) is 0 Å². The average molecular weight is 2000 g/mol. The Morgan fingerprint density at radius 2 is 0.814 bits per heavy atom. The molecule has 0 bridgehead atoms. The van der Waals surface area contributed by atoms with Crippen molar-refractivity contribution in [2.24, 2.45) is 10.2 Å². The first kappa shape index (κ1) is 109. The third-order valence-corrected chi connectivity index (χ3v) is 20.1. The molecule has 17 nitrogen and oxygen atoms in total. The van der Waals surface area contributed by atoms with Crippen molar-refractivity contribution in [2.45, 2.75) is 125 Å². The first-order valence-electron chi connectivity index (χ1n) is 33.0. The molecule has 6 aromatic carbocycles. The second-order valence-corrected chi connectivity index (χ2v) is 29.7. The van der Waals surface area contributed by atoms with E-state index in [4.69, 9.17) is 90.1 Å². The van der Waals surface area contributed by atoms with E-state index in [9.17, 15) is 99.4 Å². The SMILES string of the molecule is C=C(Br)C(F)(F)F.C=C(c1cccc(Cl)c1C(=O)OC)C(F)(F)F.CC(=O)[S-].COC(=O)c1c(Cl)cccc1B1OC(C)(C)C(C)(C)O1.COC(=O)c1c(Cl)cccc1Br.COC(=O)c1c(Cl)cccc1C1(C(F)(F)F)CC1.COC(=O)c1c(Cl)cccc1C1(C(F)(F)F)CCN=N1.O=C(O)c1c(Cl)cccc1C1(C(F)(F)F)CC1.[2H][B]P.[K+]. The summed E-state index contributed by atoms with van der Waals surface area (Å²) in [6.07, 6.45) is -23.0. The number of carboxylic acids is 1. The van der Waals surface area contributed by atoms with Crippen molar-refractivity contribution in [2.75, 3.05) is 42.1 Å². The van der Waals surface area contributed by atoms with Crippen LogP contribution in [0.2, 0.25) is 30.1 Å². The Hall–Kier alpha value is -5.12. The number of hydrogen-bond acceptors (Lipinski definition) is 17. The van der Waals surface area contributed by atoms with Gasteiger partial charge < -0.3 is 55.5 Å². The summed E-state index contributed by atoms with van der Waals surface area (Å²) in [5.41, 5.74) is -9.67. The molecule has 0 spiro atoms. The van der Waals surface area contributed by atoms with Gasteiger partial charge in [-0.25, -0.2) is 28.8 Å². The number of esters is 5. The number of halogens is 23. The van der Waals surface area contributed by atoms with Crippen LogP contribution < -0.4 is 56.8 Å². The monoisotopic (exact) mass is 1990 g/mol. The zero-order valence-electron chi connectivity index (χ0n) is 64.4. The van der Waals surface area contributed by atoms with E-state index in [-0.39, 0.29) is 160 Å². The quantitative estimate of drug-likeness (QED) is 0.0317. The third-order valence-electron chi connectivity index (χ3n) is 17.1. The fourth-order valence-corrected chi connectivity index (χ4v) is 12.4. The molecule has 0 amide bonds. The molecule has 0 aromatic heterocycles. The Labute approximate surface area is 767 Å². The van der Waals surface area contributed by atoms with Gasteiger partial charge in [-0.1, -0.05) is 149 Å². The first-order chi connectivity index (χ1) is 54.2. The Kier molecular flexibility index (Phi) is 43.0. The molecule has 45 heteroatoms. The second-order valence-electron chi connectivity index (χ2n) is 24.9. The maximum absolute atomic E-state index is 13.4. The zero-order valence-corrected chi connectivity index (χ0v) is 76.2. The molecule has 1 saturated heterocycles. The van der Waals surface area contributed by atoms with Gasteiger partial charge in [-0.3, -0.25) is 0 Å². The van der Waals surface area contributed by atoms with Gasteiger partial charge in [0.2, 0.25) is 5.54 Å². The maximum Gasteiger partial charge on any atom is 1.00 e. The molecule has 639 valence electrons. The fraction of sp³-hybridized carbons (Fsp3) is 0.356. The van der Waals surface area contributed by atoms with Gasteiger partial charge in [0.05, 0.1) is 138 Å². The summed E-state index contributed by atoms with van der Waals surface area (Å²) in [6.45, 7) is 14.6. The minimum Gasteiger partial charge on any atom is -0.742 e. The van der Waals surface area contributed by atoms with E-state index in [1.54, 1.807) is 36.4 Å². The van der Waals surface area contributed by atoms with Gasteiger partial charge >= 0.3 is 125 Å². The molecule has 2 saturated carbocycles. The van der Waals surface area contributed by atoms with Crippen LogP contribution in [-0.2, 0) is 66.8 Å². The van der Waals surface area contributed by atoms with Gasteiger partial charge in [0.15, 0.2) is 0 Å². The van der Waals surface area contributed by atoms with Gasteiger partial charge in [0, 0.05) is 27.1 Å². The van der Waals surface area contributed by atoms with Crippen LogP contribution in [0.5, 0.6) is 0 Å². The molecule has 118 heavy (non-hydrogen) atoms. The molecular formula is C73H68B2Br2Cl6F15KN2O15PS. The number of carbonyl (C=O) groups excluding carboxylic acids is 6. The molecule has 1 N–H and O–H groups in total. The fourth-order valence-electron chi connectivity index (χ4n) is 10.2. The van der Waals surface area contributed by atoms with Crippen LogP contribution in [0.4, 0.5) is 65.9 Å². The number of ether oxygens (including phenoxy) is 5. The van der Waals surface area contributed by atoms with Crippen molar-refractivity contribution in [3.8, 4) is 0 Å². The summed E-state index contributed by atoms with van der Waals surface area (Å²) in [4.78, 5) is 78.0. The number of hydrogen-bond donors (Lipinski definition) is 1. The van der Waals surface area contributed by atoms with Crippen molar-refractivity contribution < 1.29 is 189 Å². The number of alkyl halides is 15. The summed E-state index contributed by atoms with van der Waals surface area (Å²) in [5.74, 6) is -5.08. The number of aromatic carboxylic acids is 1. The van der Waals surface area contributed by atoms with E-state index < -0.39 is 117 Å². The van der Waals surface area contributed by atoms with Gasteiger partial charge in [-0.2, -0.15) is 85.2 Å². The number of carbonyl (C=O) groups is 7. The number of azo groups is 1. The summed E-state index contributed by atoms with van der Waals surface area (Å²) >= 11 is 44.3. The molecule has 2 atom stereocenters. The number of allylic oxidation sites excluding steroid dienone is 2. The molecule has 2 aliphatic carbocycles. The van der Waals surface area contributed by atoms with Crippen LogP contribution in [0.1, 0.15) is 151 Å². The molecule has 1 radical (unpaired) electrons. The first-order valence-corrected chi connectivity index (χ1v) is 37.4. The van der Waals surface area contributed by atoms with Crippen LogP contribution in [0.15, 0.2) is 142 Å². The number of rotatable bonds is 11. The second kappa shape index (κ2) is 46.6. The van der Waals surface area contributed by atoms with Gasteiger partial charge in [0.25, 0.3) is 0 Å². The maximum atomic E-state index is 13.4. The van der Waals surface area contributed by atoms with E-state index in [1.165, 1.54) is 95.4 Å². The van der Waals surface area contributed by atoms with Crippen molar-refractivity contribution in [3.63, 3.8) is 0 Å². The molecule has 2 aliphatic heterocycles. The predicted molar refractivity (Wildman–Crippen MR) is 426 cm³/mol. The molecule has 4 aliphatic rings. The molecule has 3 fully saturated rings. The largest absolute Gasteiger partial charge is 1.00 e. The van der Waals surface area contributed by atoms with Crippen LogP contribution >= 0.6 is 111 Å². The van der Waals surface area contributed by atoms with Crippen molar-refractivity contribution in [3.05, 3.63) is 217 Å². The normalized spacial score (nSPS) is 15.9. The summed E-state index contributed by atoms with van der Waals surface area (Å²) in [7, 11) is 8.53. The van der Waals surface area contributed by atoms with E-state index in [2.05, 4.69) is 95.9 Å². The van der Waals surface area contributed by atoms with Crippen LogP contribution in [-0.4, -0.2) is 146 Å². The summed E-state index contributed by atoms with van der Waals surface area (Å²) in [6, 6.07) is 25.8. The molecule has 2 unspecified atom stereocenters. The van der Waals surface area contributed by atoms with Crippen molar-refractivity contribution in [1.29, 1.82) is 1.34 Å². The molecular weight excluding hydrogens is 1930 g/mol. The Morgan fingerprint density at radius 3 is 1.14 bits per heavy atom. The third kappa shape index (κ3) is 28.7. The minimum atomic E-state index is -4.68. The molecule has 2 heterocycles. The Balaban J connectivity index is 0.000000693. The molecule has 10 rings (SSSR count). The Morgan fingerprint density at radius 1 is 0.517 bits per heavy atom. The Bertz CT molecular complexity index is 4610. The van der Waals surface area contributed by atoms with Gasteiger partial charge in [-0.15, -0.1) is 0 Å². The number of carboxylic acid groups (broad SMARTS) is 1. The molecule has 6 aromatic rings. The van der Waals surface area contributed by atoms with Crippen molar-refractivity contribution >= 4 is 190 Å². The van der Waals surface area contributed by atoms with E-state index in [0.29, 0.717) is 25.5 Å². The average Bonchev–Trinajstić information content (AvgIpc) is 1.60. The number of methoxy groups -OCH3 is 5. The van der Waals surface area contributed by atoms with E-state index in [1.807, 2.05) is 27.7 Å². The number of nitrogens with zero attached hydrogens (tertiary/aromatic N) is 2. The van der Waals surface area contributed by atoms with E-state index in [0.717, 1.165) is 27.4 Å². The predicted octanol–water partition coefficient (Wildman–Crippen LogP) is 19.3. The van der Waals surface area contributed by atoms with Crippen LogP contribution in [0, 0.1) is 0 Å². The van der Waals surface area contributed by atoms with Crippen LogP contribution in [0.3, 0.4) is 0 Å². The van der Waals surface area contributed by atoms with Gasteiger partial charge in [-0.05, 0) is 153 Å². The minimum absolute atomic E-state index is 0. The number of benzene rings is 6. The van der Waals surface area contributed by atoms with Gasteiger partial charge in [0.1, 0.15) is 7.53 Å².